The summed E-state index contributed by atoms with van der Waals surface area (Å²) in [6, 6.07) is 11.2. The summed E-state index contributed by atoms with van der Waals surface area (Å²) in [5.74, 6) is 0.889. The second-order valence-electron chi connectivity index (χ2n) is 6.69. The van der Waals surface area contributed by atoms with Crippen molar-refractivity contribution in [3.8, 4) is 11.3 Å². The molecule has 1 aliphatic rings. The molecule has 2 aromatic rings. The number of hydrogen-bond acceptors (Lipinski definition) is 6. The molecule has 1 saturated heterocycles. The monoisotopic (exact) mass is 360 g/mol. The molecule has 0 bridgehead atoms. The lowest BCUT2D eigenvalue weighted by molar-refractivity contribution is 0.209. The number of sulfone groups is 1. The maximum atomic E-state index is 11.5. The van der Waals surface area contributed by atoms with E-state index in [1.807, 2.05) is 12.1 Å². The zero-order chi connectivity index (χ0) is 18.0. The summed E-state index contributed by atoms with van der Waals surface area (Å²) in [5, 5.41) is 8.67. The van der Waals surface area contributed by atoms with Crippen LogP contribution >= 0.6 is 0 Å². The van der Waals surface area contributed by atoms with Gasteiger partial charge in [0.1, 0.15) is 0 Å². The lowest BCUT2D eigenvalue weighted by Gasteiger charge is -2.37. The van der Waals surface area contributed by atoms with Crippen molar-refractivity contribution >= 4 is 15.7 Å². The summed E-state index contributed by atoms with van der Waals surface area (Å²) in [7, 11) is -3.18. The largest absolute Gasteiger partial charge is 0.353 e. The molecule has 0 atom stereocenters. The van der Waals surface area contributed by atoms with Crippen molar-refractivity contribution in [2.24, 2.45) is 0 Å². The Labute approximate surface area is 149 Å². The van der Waals surface area contributed by atoms with Gasteiger partial charge in [-0.3, -0.25) is 4.90 Å². The van der Waals surface area contributed by atoms with Gasteiger partial charge in [-0.1, -0.05) is 12.1 Å². The predicted molar refractivity (Wildman–Crippen MR) is 99.5 cm³/mol. The first kappa shape index (κ1) is 17.8. The number of benzene rings is 1. The molecule has 0 radical (unpaired) electrons. The normalized spacial score (nSPS) is 16.4. The van der Waals surface area contributed by atoms with Crippen LogP contribution in [0.5, 0.6) is 0 Å². The van der Waals surface area contributed by atoms with E-state index in [0.29, 0.717) is 10.9 Å². The minimum Gasteiger partial charge on any atom is -0.353 e. The minimum absolute atomic E-state index is 0.309. The minimum atomic E-state index is -3.18. The van der Waals surface area contributed by atoms with Gasteiger partial charge in [-0.15, -0.1) is 10.2 Å². The van der Waals surface area contributed by atoms with Crippen LogP contribution in [0.1, 0.15) is 13.8 Å². The highest BCUT2D eigenvalue weighted by Crippen LogP contribution is 2.21. The van der Waals surface area contributed by atoms with E-state index < -0.39 is 9.84 Å². The highest BCUT2D eigenvalue weighted by atomic mass is 32.2. The Morgan fingerprint density at radius 2 is 1.56 bits per heavy atom. The van der Waals surface area contributed by atoms with Crippen LogP contribution in [-0.4, -0.2) is 62.0 Å². The van der Waals surface area contributed by atoms with E-state index >= 15 is 0 Å². The summed E-state index contributed by atoms with van der Waals surface area (Å²) in [5.41, 5.74) is 1.60. The Balaban J connectivity index is 1.70. The first-order valence-electron chi connectivity index (χ1n) is 8.48. The Morgan fingerprint density at radius 3 is 2.04 bits per heavy atom. The first-order chi connectivity index (χ1) is 11.8. The van der Waals surface area contributed by atoms with E-state index in [1.54, 1.807) is 24.3 Å². The fourth-order valence-electron chi connectivity index (χ4n) is 2.99. The Hall–Kier alpha value is -1.99. The lowest BCUT2D eigenvalue weighted by Crippen LogP contribution is -2.49. The molecular weight excluding hydrogens is 336 g/mol. The lowest BCUT2D eigenvalue weighted by atomic mass is 10.1. The molecule has 0 aliphatic carbocycles. The molecule has 0 unspecified atom stereocenters. The van der Waals surface area contributed by atoms with Gasteiger partial charge in [0, 0.05) is 44.0 Å². The molecule has 1 fully saturated rings. The number of hydrogen-bond donors (Lipinski definition) is 0. The number of piperazine rings is 1. The van der Waals surface area contributed by atoms with Gasteiger partial charge in [0.05, 0.1) is 10.6 Å². The van der Waals surface area contributed by atoms with Crippen LogP contribution < -0.4 is 4.90 Å². The number of nitrogens with zero attached hydrogens (tertiary/aromatic N) is 4. The summed E-state index contributed by atoms with van der Waals surface area (Å²) in [6.07, 6.45) is 1.20. The predicted octanol–water partition coefficient (Wildman–Crippen LogP) is 2.08. The molecule has 1 aromatic heterocycles. The topological polar surface area (TPSA) is 66.4 Å². The fourth-order valence-corrected chi connectivity index (χ4v) is 3.62. The van der Waals surface area contributed by atoms with E-state index in [9.17, 15) is 8.42 Å². The van der Waals surface area contributed by atoms with Crippen molar-refractivity contribution in [3.63, 3.8) is 0 Å². The Morgan fingerprint density at radius 1 is 0.920 bits per heavy atom. The second-order valence-corrected chi connectivity index (χ2v) is 8.71. The van der Waals surface area contributed by atoms with E-state index in [4.69, 9.17) is 0 Å². The van der Waals surface area contributed by atoms with Crippen LogP contribution in [0.25, 0.3) is 11.3 Å². The Kier molecular flexibility index (Phi) is 5.06. The number of rotatable bonds is 4. The van der Waals surface area contributed by atoms with Crippen LogP contribution in [0.15, 0.2) is 41.3 Å². The molecule has 0 spiro atoms. The highest BCUT2D eigenvalue weighted by Gasteiger charge is 2.20. The van der Waals surface area contributed by atoms with Gasteiger partial charge in [-0.05, 0) is 38.1 Å². The summed E-state index contributed by atoms with van der Waals surface area (Å²) in [6.45, 7) is 8.42. The van der Waals surface area contributed by atoms with Crippen molar-refractivity contribution in [2.75, 3.05) is 37.3 Å². The van der Waals surface area contributed by atoms with Gasteiger partial charge in [0.2, 0.25) is 0 Å². The maximum Gasteiger partial charge on any atom is 0.175 e. The second kappa shape index (κ2) is 7.09. The van der Waals surface area contributed by atoms with Crippen LogP contribution in [0.4, 0.5) is 5.82 Å². The highest BCUT2D eigenvalue weighted by molar-refractivity contribution is 7.90. The summed E-state index contributed by atoms with van der Waals surface area (Å²) in [4.78, 5) is 5.02. The Bertz CT molecular complexity index is 809. The maximum absolute atomic E-state index is 11.5. The third-order valence-electron chi connectivity index (χ3n) is 4.60. The molecule has 3 rings (SSSR count). The fraction of sp³-hybridized carbons (Fsp3) is 0.444. The molecule has 134 valence electrons. The molecule has 7 heteroatoms. The van der Waals surface area contributed by atoms with Crippen molar-refractivity contribution in [3.05, 3.63) is 36.4 Å². The molecule has 1 aliphatic heterocycles. The quantitative estimate of drug-likeness (QED) is 0.832. The zero-order valence-electron chi connectivity index (χ0n) is 14.9. The van der Waals surface area contributed by atoms with E-state index in [0.717, 1.165) is 43.3 Å². The molecule has 0 saturated carbocycles. The molecule has 6 nitrogen and oxygen atoms in total. The average molecular weight is 360 g/mol. The zero-order valence-corrected chi connectivity index (χ0v) is 15.7. The molecular formula is C18H24N4O2S. The summed E-state index contributed by atoms with van der Waals surface area (Å²) < 4.78 is 23.1. The summed E-state index contributed by atoms with van der Waals surface area (Å²) >= 11 is 0. The average Bonchev–Trinajstić information content (AvgIpc) is 2.61. The van der Waals surface area contributed by atoms with Gasteiger partial charge in [-0.25, -0.2) is 8.42 Å². The van der Waals surface area contributed by atoms with Gasteiger partial charge >= 0.3 is 0 Å². The van der Waals surface area contributed by atoms with Crippen molar-refractivity contribution in [2.45, 2.75) is 24.8 Å². The van der Waals surface area contributed by atoms with Gasteiger partial charge < -0.3 is 4.90 Å². The standard InChI is InChI=1S/C18H24N4O2S/c1-14(2)21-10-12-22(13-11-21)18-9-8-17(19-20-18)15-4-6-16(7-5-15)25(3,23)24/h4-9,14H,10-13H2,1-3H3. The van der Waals surface area contributed by atoms with Gasteiger partial charge in [0.15, 0.2) is 15.7 Å². The van der Waals surface area contributed by atoms with Gasteiger partial charge in [-0.2, -0.15) is 0 Å². The SMILES string of the molecule is CC(C)N1CCN(c2ccc(-c3ccc(S(C)(=O)=O)cc3)nn2)CC1. The number of aromatic nitrogens is 2. The smallest absolute Gasteiger partial charge is 0.175 e. The van der Waals surface area contributed by atoms with Crippen LogP contribution in [0.2, 0.25) is 0 Å². The number of anilines is 1. The van der Waals surface area contributed by atoms with E-state index in [-0.39, 0.29) is 0 Å². The molecule has 0 amide bonds. The van der Waals surface area contributed by atoms with Crippen LogP contribution in [0.3, 0.4) is 0 Å². The van der Waals surface area contributed by atoms with Crippen LogP contribution in [-0.2, 0) is 9.84 Å². The van der Waals surface area contributed by atoms with Crippen molar-refractivity contribution in [1.82, 2.24) is 15.1 Å². The molecule has 1 aromatic carbocycles. The molecule has 25 heavy (non-hydrogen) atoms. The van der Waals surface area contributed by atoms with E-state index in [2.05, 4.69) is 33.8 Å². The van der Waals surface area contributed by atoms with E-state index in [1.165, 1.54) is 6.26 Å². The molecule has 2 heterocycles. The van der Waals surface area contributed by atoms with Crippen LogP contribution in [0, 0.1) is 0 Å². The van der Waals surface area contributed by atoms with Crippen molar-refractivity contribution in [1.29, 1.82) is 0 Å². The molecule has 0 N–H and O–H groups in total. The van der Waals surface area contributed by atoms with Gasteiger partial charge in [0.25, 0.3) is 0 Å². The third-order valence-corrected chi connectivity index (χ3v) is 5.73. The van der Waals surface area contributed by atoms with Crippen molar-refractivity contribution < 1.29 is 8.42 Å². The third kappa shape index (κ3) is 4.16. The first-order valence-corrected chi connectivity index (χ1v) is 10.4.